The van der Waals surface area contributed by atoms with Gasteiger partial charge < -0.3 is 5.32 Å². The predicted molar refractivity (Wildman–Crippen MR) is 86.3 cm³/mol. The summed E-state index contributed by atoms with van der Waals surface area (Å²) in [5, 5.41) is 12.0. The quantitative estimate of drug-likeness (QED) is 0.831. The van der Waals surface area contributed by atoms with Gasteiger partial charge in [-0.3, -0.25) is 14.2 Å². The van der Waals surface area contributed by atoms with Gasteiger partial charge >= 0.3 is 0 Å². The molecule has 22 heavy (non-hydrogen) atoms. The number of nitrogens with zero attached hydrogens (tertiary/aromatic N) is 4. The van der Waals surface area contributed by atoms with Gasteiger partial charge in [0.2, 0.25) is 0 Å². The summed E-state index contributed by atoms with van der Waals surface area (Å²) in [6, 6.07) is 2.04. The third-order valence-corrected chi connectivity index (χ3v) is 3.96. The van der Waals surface area contributed by atoms with Gasteiger partial charge in [0, 0.05) is 25.3 Å². The molecule has 120 valence electrons. The minimum absolute atomic E-state index is 0.180. The molecule has 0 radical (unpaired) electrons. The number of hydrogen-bond donors (Lipinski definition) is 1. The Kier molecular flexibility index (Phi) is 5.24. The van der Waals surface area contributed by atoms with Crippen molar-refractivity contribution in [3.05, 3.63) is 33.9 Å². The van der Waals surface area contributed by atoms with Crippen LogP contribution in [0.3, 0.4) is 0 Å². The number of carbonyl (C=O) groups excluding carboxylic acids is 1. The van der Waals surface area contributed by atoms with Crippen molar-refractivity contribution in [2.45, 2.75) is 47.2 Å². The van der Waals surface area contributed by atoms with Crippen LogP contribution in [-0.2, 0) is 13.1 Å². The van der Waals surface area contributed by atoms with Gasteiger partial charge in [-0.05, 0) is 40.2 Å². The van der Waals surface area contributed by atoms with Crippen LogP contribution < -0.4 is 5.32 Å². The summed E-state index contributed by atoms with van der Waals surface area (Å²) < 4.78 is 3.59. The van der Waals surface area contributed by atoms with Crippen molar-refractivity contribution >= 4 is 17.5 Å². The Hall–Kier alpha value is -1.82. The highest BCUT2D eigenvalue weighted by atomic mass is 35.5. The number of aromatic nitrogens is 4. The molecule has 2 rings (SSSR count). The standard InChI is InChI=1S/C15H22ClN5O/c1-5-20-14(13(16)12(4)19-20)15(22)17-7-6-8-21-11(3)9-10(2)18-21/h9H,5-8H2,1-4H3,(H,17,22). The number of hydrogen-bond acceptors (Lipinski definition) is 3. The summed E-state index contributed by atoms with van der Waals surface area (Å²) in [4.78, 5) is 12.3. The topological polar surface area (TPSA) is 64.7 Å². The average molecular weight is 324 g/mol. The molecule has 0 aliphatic carbocycles. The van der Waals surface area contributed by atoms with E-state index in [1.54, 1.807) is 11.6 Å². The number of rotatable bonds is 6. The second kappa shape index (κ2) is 6.96. The van der Waals surface area contributed by atoms with Crippen molar-refractivity contribution in [3.63, 3.8) is 0 Å². The van der Waals surface area contributed by atoms with E-state index in [-0.39, 0.29) is 5.91 Å². The molecule has 0 bridgehead atoms. The number of nitrogens with one attached hydrogen (secondary N) is 1. The molecule has 0 aliphatic heterocycles. The SMILES string of the molecule is CCn1nc(C)c(Cl)c1C(=O)NCCCn1nc(C)cc1C. The lowest BCUT2D eigenvalue weighted by Gasteiger charge is -2.08. The minimum atomic E-state index is -0.180. The highest BCUT2D eigenvalue weighted by Gasteiger charge is 2.19. The predicted octanol–water partition coefficient (Wildman–Crippen LogP) is 2.50. The molecule has 0 saturated heterocycles. The first kappa shape index (κ1) is 16.5. The minimum Gasteiger partial charge on any atom is -0.351 e. The Balaban J connectivity index is 1.89. The Labute approximate surface area is 135 Å². The van der Waals surface area contributed by atoms with Gasteiger partial charge in [-0.1, -0.05) is 11.6 Å². The maximum atomic E-state index is 12.3. The molecule has 7 heteroatoms. The fourth-order valence-corrected chi connectivity index (χ4v) is 2.64. The van der Waals surface area contributed by atoms with E-state index in [9.17, 15) is 4.79 Å². The van der Waals surface area contributed by atoms with Crippen LogP contribution in [0.5, 0.6) is 0 Å². The van der Waals surface area contributed by atoms with Gasteiger partial charge in [-0.15, -0.1) is 0 Å². The zero-order valence-corrected chi connectivity index (χ0v) is 14.2. The molecule has 1 N–H and O–H groups in total. The van der Waals surface area contributed by atoms with Gasteiger partial charge in [-0.25, -0.2) is 0 Å². The van der Waals surface area contributed by atoms with Crippen molar-refractivity contribution in [2.75, 3.05) is 6.54 Å². The van der Waals surface area contributed by atoms with E-state index in [0.717, 1.165) is 24.4 Å². The fraction of sp³-hybridized carbons (Fsp3) is 0.533. The monoisotopic (exact) mass is 323 g/mol. The molecule has 0 fully saturated rings. The number of amides is 1. The van der Waals surface area contributed by atoms with Crippen LogP contribution in [-0.4, -0.2) is 32.0 Å². The average Bonchev–Trinajstić information content (AvgIpc) is 2.94. The highest BCUT2D eigenvalue weighted by Crippen LogP contribution is 2.19. The van der Waals surface area contributed by atoms with Crippen LogP contribution >= 0.6 is 11.6 Å². The summed E-state index contributed by atoms with van der Waals surface area (Å²) in [5.41, 5.74) is 3.26. The van der Waals surface area contributed by atoms with Crippen LogP contribution in [0.2, 0.25) is 5.02 Å². The lowest BCUT2D eigenvalue weighted by Crippen LogP contribution is -2.28. The van der Waals surface area contributed by atoms with E-state index < -0.39 is 0 Å². The lowest BCUT2D eigenvalue weighted by atomic mass is 10.3. The summed E-state index contributed by atoms with van der Waals surface area (Å²) in [7, 11) is 0. The van der Waals surface area contributed by atoms with E-state index in [1.807, 2.05) is 31.5 Å². The fourth-order valence-electron chi connectivity index (χ4n) is 2.42. The Bertz CT molecular complexity index is 674. The van der Waals surface area contributed by atoms with Crippen LogP contribution in [0.15, 0.2) is 6.07 Å². The van der Waals surface area contributed by atoms with Crippen LogP contribution in [0.1, 0.15) is 40.9 Å². The van der Waals surface area contributed by atoms with Crippen molar-refractivity contribution in [1.29, 1.82) is 0 Å². The van der Waals surface area contributed by atoms with E-state index >= 15 is 0 Å². The van der Waals surface area contributed by atoms with E-state index in [0.29, 0.717) is 29.5 Å². The molecule has 1 amide bonds. The molecule has 0 spiro atoms. The summed E-state index contributed by atoms with van der Waals surface area (Å²) in [5.74, 6) is -0.180. The molecule has 2 aromatic rings. The lowest BCUT2D eigenvalue weighted by molar-refractivity contribution is 0.0942. The van der Waals surface area contributed by atoms with Crippen molar-refractivity contribution in [1.82, 2.24) is 24.9 Å². The molecule has 0 aromatic carbocycles. The molecule has 2 aromatic heterocycles. The second-order valence-electron chi connectivity index (χ2n) is 5.32. The first-order valence-corrected chi connectivity index (χ1v) is 7.84. The number of halogens is 1. The Morgan fingerprint density at radius 2 is 2.00 bits per heavy atom. The van der Waals surface area contributed by atoms with Crippen molar-refractivity contribution in [2.24, 2.45) is 0 Å². The molecular weight excluding hydrogens is 302 g/mol. The molecule has 2 heterocycles. The third kappa shape index (κ3) is 3.50. The number of aryl methyl sites for hydroxylation is 5. The van der Waals surface area contributed by atoms with Crippen LogP contribution in [0, 0.1) is 20.8 Å². The summed E-state index contributed by atoms with van der Waals surface area (Å²) in [6.45, 7) is 9.70. The van der Waals surface area contributed by atoms with Gasteiger partial charge in [0.25, 0.3) is 5.91 Å². The largest absolute Gasteiger partial charge is 0.351 e. The Morgan fingerprint density at radius 3 is 2.59 bits per heavy atom. The maximum absolute atomic E-state index is 12.3. The van der Waals surface area contributed by atoms with Gasteiger partial charge in [0.15, 0.2) is 0 Å². The second-order valence-corrected chi connectivity index (χ2v) is 5.70. The first-order chi connectivity index (χ1) is 10.4. The van der Waals surface area contributed by atoms with Crippen LogP contribution in [0.25, 0.3) is 0 Å². The highest BCUT2D eigenvalue weighted by molar-refractivity contribution is 6.34. The van der Waals surface area contributed by atoms with E-state index in [4.69, 9.17) is 11.6 Å². The summed E-state index contributed by atoms with van der Waals surface area (Å²) in [6.07, 6.45) is 0.810. The molecule has 0 saturated carbocycles. The Morgan fingerprint density at radius 1 is 1.27 bits per heavy atom. The van der Waals surface area contributed by atoms with Gasteiger partial charge in [0.05, 0.1) is 16.4 Å². The van der Waals surface area contributed by atoms with E-state index in [2.05, 4.69) is 15.5 Å². The van der Waals surface area contributed by atoms with Gasteiger partial charge in [0.1, 0.15) is 5.69 Å². The third-order valence-electron chi connectivity index (χ3n) is 3.50. The normalized spacial score (nSPS) is 11.0. The van der Waals surface area contributed by atoms with E-state index in [1.165, 1.54) is 0 Å². The smallest absolute Gasteiger partial charge is 0.271 e. The van der Waals surface area contributed by atoms with Crippen molar-refractivity contribution in [3.8, 4) is 0 Å². The maximum Gasteiger partial charge on any atom is 0.271 e. The molecule has 6 nitrogen and oxygen atoms in total. The van der Waals surface area contributed by atoms with Crippen molar-refractivity contribution < 1.29 is 4.79 Å². The van der Waals surface area contributed by atoms with Gasteiger partial charge in [-0.2, -0.15) is 10.2 Å². The zero-order valence-electron chi connectivity index (χ0n) is 13.5. The summed E-state index contributed by atoms with van der Waals surface area (Å²) >= 11 is 6.16. The molecule has 0 unspecified atom stereocenters. The number of carbonyl (C=O) groups is 1. The molecular formula is C15H22ClN5O. The molecule has 0 atom stereocenters. The zero-order chi connectivity index (χ0) is 16.3. The first-order valence-electron chi connectivity index (χ1n) is 7.46. The molecule has 0 aliphatic rings. The van der Waals surface area contributed by atoms with Crippen LogP contribution in [0.4, 0.5) is 0 Å².